The van der Waals surface area contributed by atoms with Crippen LogP contribution < -0.4 is 11.0 Å². The van der Waals surface area contributed by atoms with E-state index in [1.807, 2.05) is 35.9 Å². The first kappa shape index (κ1) is 13.4. The van der Waals surface area contributed by atoms with Gasteiger partial charge in [-0.1, -0.05) is 12.1 Å². The van der Waals surface area contributed by atoms with Gasteiger partial charge in [0.25, 0.3) is 0 Å². The van der Waals surface area contributed by atoms with Crippen LogP contribution in [0.25, 0.3) is 11.0 Å². The number of aromatic nitrogens is 2. The van der Waals surface area contributed by atoms with E-state index in [2.05, 4.69) is 5.32 Å². The van der Waals surface area contributed by atoms with Gasteiger partial charge in [0.05, 0.1) is 11.0 Å². The zero-order chi connectivity index (χ0) is 11.8. The highest BCUT2D eigenvalue weighted by atomic mass is 79.9. The molecule has 0 bridgehead atoms. The smallest absolute Gasteiger partial charge is 0.317 e. The standard InChI is InChI=1S/C13H17N3O.BrH/c1-15-11-4-2-3-5-12(11)16(13(15)17)10-6-8-14-9-7-10;/h2-5,10,14H,6-9H2,1H3;1H. The maximum absolute atomic E-state index is 12.3. The molecule has 1 N–H and O–H groups in total. The van der Waals surface area contributed by atoms with Crippen LogP contribution in [0.1, 0.15) is 18.9 Å². The van der Waals surface area contributed by atoms with Crippen molar-refractivity contribution >= 4 is 28.0 Å². The molecule has 3 rings (SSSR count). The van der Waals surface area contributed by atoms with E-state index in [-0.39, 0.29) is 22.7 Å². The largest absolute Gasteiger partial charge is 0.329 e. The molecule has 0 saturated carbocycles. The van der Waals surface area contributed by atoms with Crippen LogP contribution in [0.4, 0.5) is 0 Å². The van der Waals surface area contributed by atoms with Gasteiger partial charge in [-0.15, -0.1) is 17.0 Å². The molecule has 5 heteroatoms. The van der Waals surface area contributed by atoms with Crippen molar-refractivity contribution < 1.29 is 0 Å². The molecule has 1 aliphatic rings. The van der Waals surface area contributed by atoms with Gasteiger partial charge < -0.3 is 5.32 Å². The Balaban J connectivity index is 0.00000120. The van der Waals surface area contributed by atoms with Crippen molar-refractivity contribution in [3.63, 3.8) is 0 Å². The van der Waals surface area contributed by atoms with Crippen LogP contribution in [0.3, 0.4) is 0 Å². The number of hydrogen-bond acceptors (Lipinski definition) is 2. The van der Waals surface area contributed by atoms with Crippen LogP contribution in [0.2, 0.25) is 0 Å². The van der Waals surface area contributed by atoms with Gasteiger partial charge in [-0.2, -0.15) is 0 Å². The number of nitrogens with one attached hydrogen (secondary N) is 1. The van der Waals surface area contributed by atoms with Crippen LogP contribution in [-0.2, 0) is 7.05 Å². The average Bonchev–Trinajstić information content (AvgIpc) is 2.64. The molecular formula is C13H18BrN3O. The molecule has 1 aromatic carbocycles. The zero-order valence-corrected chi connectivity index (χ0v) is 12.1. The number of piperidine rings is 1. The number of imidazole rings is 1. The highest BCUT2D eigenvalue weighted by Crippen LogP contribution is 2.22. The predicted octanol–water partition coefficient (Wildman–Crippen LogP) is 1.84. The molecule has 2 heterocycles. The minimum atomic E-state index is 0. The van der Waals surface area contributed by atoms with E-state index in [1.165, 1.54) is 0 Å². The molecule has 4 nitrogen and oxygen atoms in total. The van der Waals surface area contributed by atoms with E-state index in [4.69, 9.17) is 0 Å². The normalized spacial score (nSPS) is 16.7. The van der Waals surface area contributed by atoms with Gasteiger partial charge in [0.15, 0.2) is 0 Å². The summed E-state index contributed by atoms with van der Waals surface area (Å²) in [6, 6.07) is 8.37. The molecule has 2 aromatic rings. The van der Waals surface area contributed by atoms with Gasteiger partial charge in [-0.05, 0) is 38.1 Å². The van der Waals surface area contributed by atoms with Gasteiger partial charge >= 0.3 is 5.69 Å². The molecule has 1 saturated heterocycles. The zero-order valence-electron chi connectivity index (χ0n) is 10.4. The number of halogens is 1. The third-order valence-electron chi connectivity index (χ3n) is 3.67. The van der Waals surface area contributed by atoms with E-state index in [0.29, 0.717) is 6.04 Å². The van der Waals surface area contributed by atoms with E-state index >= 15 is 0 Å². The molecule has 18 heavy (non-hydrogen) atoms. The Hall–Kier alpha value is -1.07. The van der Waals surface area contributed by atoms with E-state index in [9.17, 15) is 4.79 Å². The number of fused-ring (bicyclic) bond motifs is 1. The molecule has 0 aliphatic carbocycles. The highest BCUT2D eigenvalue weighted by Gasteiger charge is 2.20. The summed E-state index contributed by atoms with van der Waals surface area (Å²) < 4.78 is 3.72. The fourth-order valence-electron chi connectivity index (χ4n) is 2.74. The Bertz CT molecular complexity index is 596. The van der Waals surface area contributed by atoms with Crippen LogP contribution in [0.15, 0.2) is 29.1 Å². The van der Waals surface area contributed by atoms with Crippen LogP contribution in [0.5, 0.6) is 0 Å². The number of benzene rings is 1. The SMILES string of the molecule is Br.Cn1c(=O)n(C2CCNCC2)c2ccccc21. The van der Waals surface area contributed by atoms with Crippen molar-refractivity contribution in [3.05, 3.63) is 34.7 Å². The lowest BCUT2D eigenvalue weighted by Gasteiger charge is -2.23. The maximum Gasteiger partial charge on any atom is 0.329 e. The van der Waals surface area contributed by atoms with Crippen molar-refractivity contribution in [3.8, 4) is 0 Å². The van der Waals surface area contributed by atoms with Gasteiger partial charge in [0, 0.05) is 13.1 Å². The number of aryl methyl sites for hydroxylation is 1. The second-order valence-electron chi connectivity index (χ2n) is 4.68. The number of nitrogens with zero attached hydrogens (tertiary/aromatic N) is 2. The predicted molar refractivity (Wildman–Crippen MR) is 78.6 cm³/mol. The maximum atomic E-state index is 12.3. The summed E-state index contributed by atoms with van der Waals surface area (Å²) in [6.07, 6.45) is 2.07. The summed E-state index contributed by atoms with van der Waals surface area (Å²) in [5, 5.41) is 3.34. The Labute approximate surface area is 116 Å². The van der Waals surface area contributed by atoms with Crippen LogP contribution in [-0.4, -0.2) is 22.2 Å². The monoisotopic (exact) mass is 311 g/mol. The van der Waals surface area contributed by atoms with Crippen molar-refractivity contribution in [2.24, 2.45) is 7.05 Å². The first-order chi connectivity index (χ1) is 8.29. The molecule has 0 spiro atoms. The lowest BCUT2D eigenvalue weighted by Crippen LogP contribution is -2.34. The number of hydrogen-bond donors (Lipinski definition) is 1. The first-order valence-electron chi connectivity index (χ1n) is 6.15. The Morgan fingerprint density at radius 3 is 2.44 bits per heavy atom. The van der Waals surface area contributed by atoms with Gasteiger partial charge in [0.1, 0.15) is 0 Å². The first-order valence-corrected chi connectivity index (χ1v) is 6.15. The third kappa shape index (κ3) is 2.01. The molecule has 0 unspecified atom stereocenters. The van der Waals surface area contributed by atoms with Gasteiger partial charge in [-0.25, -0.2) is 4.79 Å². The Kier molecular flexibility index (Phi) is 3.92. The minimum Gasteiger partial charge on any atom is -0.317 e. The fourth-order valence-corrected chi connectivity index (χ4v) is 2.74. The summed E-state index contributed by atoms with van der Waals surface area (Å²) in [4.78, 5) is 12.3. The second-order valence-corrected chi connectivity index (χ2v) is 4.68. The molecule has 0 atom stereocenters. The van der Waals surface area contributed by atoms with E-state index < -0.39 is 0 Å². The van der Waals surface area contributed by atoms with Crippen LogP contribution in [0, 0.1) is 0 Å². The molecule has 0 radical (unpaired) electrons. The molecular weight excluding hydrogens is 294 g/mol. The van der Waals surface area contributed by atoms with Gasteiger partial charge in [-0.3, -0.25) is 9.13 Å². The molecule has 0 amide bonds. The lowest BCUT2D eigenvalue weighted by molar-refractivity contribution is 0.366. The van der Waals surface area contributed by atoms with Crippen LogP contribution >= 0.6 is 17.0 Å². The average molecular weight is 312 g/mol. The topological polar surface area (TPSA) is 39.0 Å². The Morgan fingerprint density at radius 2 is 1.78 bits per heavy atom. The molecule has 1 aliphatic heterocycles. The van der Waals surface area contributed by atoms with Crippen molar-refractivity contribution in [1.82, 2.24) is 14.5 Å². The summed E-state index contributed by atoms with van der Waals surface area (Å²) in [5.41, 5.74) is 2.20. The number of rotatable bonds is 1. The van der Waals surface area contributed by atoms with Crippen molar-refractivity contribution in [1.29, 1.82) is 0 Å². The fraction of sp³-hybridized carbons (Fsp3) is 0.462. The number of para-hydroxylation sites is 2. The molecule has 1 fully saturated rings. The summed E-state index contributed by atoms with van der Waals surface area (Å²) >= 11 is 0. The van der Waals surface area contributed by atoms with Crippen molar-refractivity contribution in [2.45, 2.75) is 18.9 Å². The van der Waals surface area contributed by atoms with Crippen molar-refractivity contribution in [2.75, 3.05) is 13.1 Å². The molecule has 1 aromatic heterocycles. The molecule has 98 valence electrons. The second kappa shape index (κ2) is 5.28. The summed E-state index contributed by atoms with van der Waals surface area (Å²) in [7, 11) is 1.85. The highest BCUT2D eigenvalue weighted by molar-refractivity contribution is 8.93. The quantitative estimate of drug-likeness (QED) is 0.873. The van der Waals surface area contributed by atoms with E-state index in [0.717, 1.165) is 37.0 Å². The summed E-state index contributed by atoms with van der Waals surface area (Å²) in [5.74, 6) is 0. The third-order valence-corrected chi connectivity index (χ3v) is 3.67. The van der Waals surface area contributed by atoms with Gasteiger partial charge in [0.2, 0.25) is 0 Å². The Morgan fingerprint density at radius 1 is 1.17 bits per heavy atom. The van der Waals surface area contributed by atoms with E-state index in [1.54, 1.807) is 4.57 Å². The summed E-state index contributed by atoms with van der Waals surface area (Å²) in [6.45, 7) is 2.00. The minimum absolute atomic E-state index is 0. The lowest BCUT2D eigenvalue weighted by atomic mass is 10.1.